The topological polar surface area (TPSA) is 68.0 Å². The van der Waals surface area contributed by atoms with E-state index in [-0.39, 0.29) is 5.91 Å². The van der Waals surface area contributed by atoms with Gasteiger partial charge >= 0.3 is 0 Å². The quantitative estimate of drug-likeness (QED) is 0.824. The molecule has 1 amide bonds. The van der Waals surface area contributed by atoms with Gasteiger partial charge in [0.2, 0.25) is 5.91 Å². The second-order valence-electron chi connectivity index (χ2n) is 4.27. The first kappa shape index (κ1) is 12.0. The highest BCUT2D eigenvalue weighted by Crippen LogP contribution is 2.21. The minimum Gasteiger partial charge on any atom is -0.383 e. The number of anilines is 2. The molecular formula is C10H14BrN3O. The highest BCUT2D eigenvalue weighted by molar-refractivity contribution is 9.10. The summed E-state index contributed by atoms with van der Waals surface area (Å²) in [5.74, 6) is 0.744. The molecule has 4 nitrogen and oxygen atoms in total. The van der Waals surface area contributed by atoms with Crippen LogP contribution in [0.15, 0.2) is 16.6 Å². The van der Waals surface area contributed by atoms with Gasteiger partial charge in [0.1, 0.15) is 11.6 Å². The number of halogens is 1. The SMILES string of the molecule is CC(C)(C)C(=O)Nc1ccc(Br)c(N)n1. The Kier molecular flexibility index (Phi) is 3.34. The monoisotopic (exact) mass is 271 g/mol. The Labute approximate surface area is 97.4 Å². The molecule has 1 heterocycles. The zero-order valence-corrected chi connectivity index (χ0v) is 10.6. The number of hydrogen-bond acceptors (Lipinski definition) is 3. The van der Waals surface area contributed by atoms with E-state index in [1.165, 1.54) is 0 Å². The molecule has 0 radical (unpaired) electrons. The van der Waals surface area contributed by atoms with Gasteiger partial charge in [-0.2, -0.15) is 0 Å². The minimum absolute atomic E-state index is 0.0864. The molecule has 82 valence electrons. The molecule has 1 aromatic heterocycles. The Bertz CT molecular complexity index is 385. The third-order valence-corrected chi connectivity index (χ3v) is 2.47. The Morgan fingerprint density at radius 2 is 2.07 bits per heavy atom. The van der Waals surface area contributed by atoms with E-state index < -0.39 is 5.41 Å². The summed E-state index contributed by atoms with van der Waals surface area (Å²) in [4.78, 5) is 15.7. The van der Waals surface area contributed by atoms with E-state index in [0.29, 0.717) is 11.6 Å². The largest absolute Gasteiger partial charge is 0.383 e. The van der Waals surface area contributed by atoms with Crippen LogP contribution in [0.4, 0.5) is 11.6 Å². The van der Waals surface area contributed by atoms with Crippen LogP contribution >= 0.6 is 15.9 Å². The molecule has 0 saturated heterocycles. The Balaban J connectivity index is 2.83. The lowest BCUT2D eigenvalue weighted by atomic mass is 9.96. The van der Waals surface area contributed by atoms with Crippen molar-refractivity contribution in [2.45, 2.75) is 20.8 Å². The molecule has 0 aliphatic rings. The molecule has 1 aromatic rings. The smallest absolute Gasteiger partial charge is 0.230 e. The van der Waals surface area contributed by atoms with E-state index in [0.717, 1.165) is 4.47 Å². The molecule has 0 aliphatic heterocycles. The van der Waals surface area contributed by atoms with Gasteiger partial charge in [-0.1, -0.05) is 20.8 Å². The van der Waals surface area contributed by atoms with Crippen LogP contribution in [0.5, 0.6) is 0 Å². The average molecular weight is 272 g/mol. The number of carbonyl (C=O) groups is 1. The van der Waals surface area contributed by atoms with E-state index in [2.05, 4.69) is 26.2 Å². The van der Waals surface area contributed by atoms with E-state index in [4.69, 9.17) is 5.73 Å². The Morgan fingerprint density at radius 1 is 1.47 bits per heavy atom. The van der Waals surface area contributed by atoms with Gasteiger partial charge in [0.15, 0.2) is 0 Å². The molecule has 0 aliphatic carbocycles. The summed E-state index contributed by atoms with van der Waals surface area (Å²) in [5, 5.41) is 2.70. The second-order valence-corrected chi connectivity index (χ2v) is 5.12. The summed E-state index contributed by atoms with van der Waals surface area (Å²) in [7, 11) is 0. The van der Waals surface area contributed by atoms with Crippen LogP contribution in [-0.4, -0.2) is 10.9 Å². The number of aromatic nitrogens is 1. The third kappa shape index (κ3) is 3.20. The predicted molar refractivity (Wildman–Crippen MR) is 64.4 cm³/mol. The molecule has 0 atom stereocenters. The fourth-order valence-corrected chi connectivity index (χ4v) is 1.05. The molecular weight excluding hydrogens is 258 g/mol. The van der Waals surface area contributed by atoms with Gasteiger partial charge in [-0.25, -0.2) is 4.98 Å². The molecule has 0 unspecified atom stereocenters. The number of rotatable bonds is 1. The molecule has 3 N–H and O–H groups in total. The molecule has 0 fully saturated rings. The lowest BCUT2D eigenvalue weighted by Crippen LogP contribution is -2.28. The summed E-state index contributed by atoms with van der Waals surface area (Å²) in [5.41, 5.74) is 5.16. The summed E-state index contributed by atoms with van der Waals surface area (Å²) in [6, 6.07) is 3.45. The van der Waals surface area contributed by atoms with Crippen molar-refractivity contribution in [1.82, 2.24) is 4.98 Å². The summed E-state index contributed by atoms with van der Waals surface area (Å²) >= 11 is 3.23. The van der Waals surface area contributed by atoms with Crippen LogP contribution in [0.2, 0.25) is 0 Å². The molecule has 0 saturated carbocycles. The predicted octanol–water partition coefficient (Wildman–Crippen LogP) is 2.41. The van der Waals surface area contributed by atoms with Gasteiger partial charge in [-0.3, -0.25) is 4.79 Å². The normalized spacial score (nSPS) is 11.2. The van der Waals surface area contributed by atoms with Crippen molar-refractivity contribution in [2.24, 2.45) is 5.41 Å². The lowest BCUT2D eigenvalue weighted by Gasteiger charge is -2.17. The first-order chi connectivity index (χ1) is 6.80. The van der Waals surface area contributed by atoms with Crippen molar-refractivity contribution in [1.29, 1.82) is 0 Å². The van der Waals surface area contributed by atoms with Crippen LogP contribution in [0.3, 0.4) is 0 Å². The van der Waals surface area contributed by atoms with E-state index in [9.17, 15) is 4.79 Å². The first-order valence-corrected chi connectivity index (χ1v) is 5.33. The Morgan fingerprint density at radius 3 is 2.53 bits per heavy atom. The maximum Gasteiger partial charge on any atom is 0.230 e. The number of amides is 1. The van der Waals surface area contributed by atoms with Crippen LogP contribution in [0.1, 0.15) is 20.8 Å². The number of pyridine rings is 1. The maximum absolute atomic E-state index is 11.6. The van der Waals surface area contributed by atoms with Gasteiger partial charge in [0.25, 0.3) is 0 Å². The average Bonchev–Trinajstić information content (AvgIpc) is 2.10. The van der Waals surface area contributed by atoms with Crippen LogP contribution < -0.4 is 11.1 Å². The van der Waals surface area contributed by atoms with Gasteiger partial charge in [-0.15, -0.1) is 0 Å². The highest BCUT2D eigenvalue weighted by Gasteiger charge is 2.21. The van der Waals surface area contributed by atoms with Crippen molar-refractivity contribution in [3.05, 3.63) is 16.6 Å². The minimum atomic E-state index is -0.441. The Hall–Kier alpha value is -1.10. The first-order valence-electron chi connectivity index (χ1n) is 4.54. The molecule has 0 spiro atoms. The van der Waals surface area contributed by atoms with Gasteiger partial charge in [0, 0.05) is 5.41 Å². The van der Waals surface area contributed by atoms with Crippen molar-refractivity contribution < 1.29 is 4.79 Å². The van der Waals surface area contributed by atoms with Gasteiger partial charge in [-0.05, 0) is 28.1 Å². The molecule has 1 rings (SSSR count). The number of hydrogen-bond donors (Lipinski definition) is 2. The van der Waals surface area contributed by atoms with E-state index in [1.807, 2.05) is 20.8 Å². The molecule has 0 aromatic carbocycles. The number of carbonyl (C=O) groups excluding carboxylic acids is 1. The van der Waals surface area contributed by atoms with Crippen molar-refractivity contribution >= 4 is 33.5 Å². The summed E-state index contributed by atoms with van der Waals surface area (Å²) < 4.78 is 0.719. The fraction of sp³-hybridized carbons (Fsp3) is 0.400. The molecule has 5 heteroatoms. The van der Waals surface area contributed by atoms with Crippen LogP contribution in [0, 0.1) is 5.41 Å². The summed E-state index contributed by atoms with van der Waals surface area (Å²) in [6.07, 6.45) is 0. The second kappa shape index (κ2) is 4.18. The van der Waals surface area contributed by atoms with Gasteiger partial charge < -0.3 is 11.1 Å². The zero-order chi connectivity index (χ0) is 11.6. The van der Waals surface area contributed by atoms with Crippen molar-refractivity contribution in [2.75, 3.05) is 11.1 Å². The number of nitrogens with two attached hydrogens (primary N) is 1. The van der Waals surface area contributed by atoms with Gasteiger partial charge in [0.05, 0.1) is 4.47 Å². The molecule has 15 heavy (non-hydrogen) atoms. The van der Waals surface area contributed by atoms with E-state index in [1.54, 1.807) is 12.1 Å². The third-order valence-electron chi connectivity index (χ3n) is 1.80. The fourth-order valence-electron chi connectivity index (χ4n) is 0.831. The highest BCUT2D eigenvalue weighted by atomic mass is 79.9. The molecule has 0 bridgehead atoms. The zero-order valence-electron chi connectivity index (χ0n) is 8.97. The van der Waals surface area contributed by atoms with E-state index >= 15 is 0 Å². The van der Waals surface area contributed by atoms with Crippen LogP contribution in [0.25, 0.3) is 0 Å². The van der Waals surface area contributed by atoms with Crippen LogP contribution in [-0.2, 0) is 4.79 Å². The lowest BCUT2D eigenvalue weighted by molar-refractivity contribution is -0.123. The number of nitrogen functional groups attached to an aromatic ring is 1. The number of nitrogens with one attached hydrogen (secondary N) is 1. The summed E-state index contributed by atoms with van der Waals surface area (Å²) in [6.45, 7) is 5.51. The van der Waals surface area contributed by atoms with Crippen molar-refractivity contribution in [3.8, 4) is 0 Å². The maximum atomic E-state index is 11.6. The standard InChI is InChI=1S/C10H14BrN3O/c1-10(2,3)9(15)14-7-5-4-6(11)8(12)13-7/h4-5H,1-3H3,(H3,12,13,14,15). The number of nitrogens with zero attached hydrogens (tertiary/aromatic N) is 1. The van der Waals surface area contributed by atoms with Crippen molar-refractivity contribution in [3.63, 3.8) is 0 Å².